The molecular formula is C7H9ClO6S2. The third kappa shape index (κ3) is 3.72. The van der Waals surface area contributed by atoms with Gasteiger partial charge in [0.1, 0.15) is 0 Å². The summed E-state index contributed by atoms with van der Waals surface area (Å²) in [4.78, 5) is 0. The lowest BCUT2D eigenvalue weighted by molar-refractivity contribution is 0.456. The minimum Gasteiger partial charge on any atom is -0.284 e. The molecular weight excluding hydrogens is 280 g/mol. The standard InChI is InChI=1S/C7H8O6S2.ClH/c8-14(9,10)7(15(11,12)13)6-4-2-1-3-5-6;/h1-5,7H,(H,8,9,10)(H,11,12,13);1H. The smallest absolute Gasteiger partial charge is 0.284 e. The maximum Gasteiger partial charge on any atom is 0.289 e. The van der Waals surface area contributed by atoms with Crippen molar-refractivity contribution in [3.05, 3.63) is 35.9 Å². The Hall–Kier alpha value is -0.670. The van der Waals surface area contributed by atoms with Gasteiger partial charge in [0.25, 0.3) is 20.2 Å². The largest absolute Gasteiger partial charge is 0.289 e. The molecule has 0 unspecified atom stereocenters. The van der Waals surface area contributed by atoms with Crippen LogP contribution in [0.15, 0.2) is 30.3 Å². The molecule has 2 N–H and O–H groups in total. The quantitative estimate of drug-likeness (QED) is 0.799. The van der Waals surface area contributed by atoms with Gasteiger partial charge in [-0.25, -0.2) is 0 Å². The van der Waals surface area contributed by atoms with Gasteiger partial charge in [0.15, 0.2) is 0 Å². The summed E-state index contributed by atoms with van der Waals surface area (Å²) in [7, 11) is -9.83. The molecule has 0 saturated heterocycles. The highest BCUT2D eigenvalue weighted by Crippen LogP contribution is 2.26. The van der Waals surface area contributed by atoms with Crippen LogP contribution in [0.25, 0.3) is 0 Å². The third-order valence-corrected chi connectivity index (χ3v) is 4.70. The minimum absolute atomic E-state index is 0. The molecule has 1 rings (SSSR count). The lowest BCUT2D eigenvalue weighted by Crippen LogP contribution is -2.21. The third-order valence-electron chi connectivity index (χ3n) is 1.61. The van der Waals surface area contributed by atoms with E-state index in [1.54, 1.807) is 0 Å². The Balaban J connectivity index is 0.00000225. The fraction of sp³-hybridized carbons (Fsp3) is 0.143. The minimum atomic E-state index is -4.91. The summed E-state index contributed by atoms with van der Waals surface area (Å²) in [5, 5.41) is 0. The zero-order chi connectivity index (χ0) is 11.7. The highest BCUT2D eigenvalue weighted by Gasteiger charge is 2.36. The van der Waals surface area contributed by atoms with Crippen LogP contribution in [-0.4, -0.2) is 25.9 Å². The SMILES string of the molecule is Cl.O=S(=O)(O)C(c1ccccc1)S(=O)(=O)O. The highest BCUT2D eigenvalue weighted by molar-refractivity contribution is 8.03. The van der Waals surface area contributed by atoms with Gasteiger partial charge in [-0.3, -0.25) is 9.11 Å². The molecule has 92 valence electrons. The van der Waals surface area contributed by atoms with Crippen molar-refractivity contribution in [2.75, 3.05) is 0 Å². The van der Waals surface area contributed by atoms with Crippen LogP contribution in [-0.2, 0) is 20.2 Å². The second-order valence-corrected chi connectivity index (χ2v) is 6.07. The van der Waals surface area contributed by atoms with Gasteiger partial charge in [0, 0.05) is 0 Å². The van der Waals surface area contributed by atoms with E-state index in [4.69, 9.17) is 9.11 Å². The molecule has 0 saturated carbocycles. The van der Waals surface area contributed by atoms with Crippen molar-refractivity contribution in [2.24, 2.45) is 0 Å². The van der Waals surface area contributed by atoms with Crippen molar-refractivity contribution in [2.45, 2.75) is 4.58 Å². The van der Waals surface area contributed by atoms with E-state index >= 15 is 0 Å². The molecule has 0 atom stereocenters. The van der Waals surface area contributed by atoms with Crippen molar-refractivity contribution >= 4 is 32.6 Å². The maximum atomic E-state index is 10.8. The van der Waals surface area contributed by atoms with Gasteiger partial charge in [0.2, 0.25) is 4.58 Å². The lowest BCUT2D eigenvalue weighted by Gasteiger charge is -2.10. The highest BCUT2D eigenvalue weighted by atomic mass is 35.5. The summed E-state index contributed by atoms with van der Waals surface area (Å²) in [5.74, 6) is 0. The fourth-order valence-corrected chi connectivity index (χ4v) is 3.34. The predicted octanol–water partition coefficient (Wildman–Crippen LogP) is 0.883. The van der Waals surface area contributed by atoms with E-state index in [2.05, 4.69) is 0 Å². The molecule has 9 heteroatoms. The number of halogens is 1. The molecule has 16 heavy (non-hydrogen) atoms. The lowest BCUT2D eigenvalue weighted by atomic mass is 10.2. The first-order chi connectivity index (χ1) is 6.73. The number of rotatable bonds is 3. The van der Waals surface area contributed by atoms with Crippen LogP contribution in [0.4, 0.5) is 0 Å². The molecule has 0 bridgehead atoms. The van der Waals surface area contributed by atoms with Crippen LogP contribution in [0.3, 0.4) is 0 Å². The molecule has 0 aliphatic rings. The molecule has 6 nitrogen and oxygen atoms in total. The van der Waals surface area contributed by atoms with Gasteiger partial charge in [0.05, 0.1) is 0 Å². The van der Waals surface area contributed by atoms with E-state index in [9.17, 15) is 16.8 Å². The molecule has 0 aromatic heterocycles. The topological polar surface area (TPSA) is 109 Å². The van der Waals surface area contributed by atoms with E-state index < -0.39 is 24.8 Å². The predicted molar refractivity (Wildman–Crippen MR) is 59.5 cm³/mol. The fourth-order valence-electron chi connectivity index (χ4n) is 1.11. The second kappa shape index (κ2) is 5.11. The van der Waals surface area contributed by atoms with Gasteiger partial charge in [-0.05, 0) is 5.56 Å². The molecule has 0 fully saturated rings. The second-order valence-electron chi connectivity index (χ2n) is 2.77. The molecule has 0 aliphatic carbocycles. The Bertz CT molecular complexity index is 503. The molecule has 0 aliphatic heterocycles. The normalized spacial score (nSPS) is 12.2. The molecule has 1 aromatic carbocycles. The van der Waals surface area contributed by atoms with Crippen LogP contribution >= 0.6 is 12.4 Å². The summed E-state index contributed by atoms with van der Waals surface area (Å²) in [5.41, 5.74) is -0.220. The van der Waals surface area contributed by atoms with Crippen molar-refractivity contribution < 1.29 is 25.9 Å². The Labute approximate surface area is 99.2 Å². The van der Waals surface area contributed by atoms with Gasteiger partial charge in [-0.1, -0.05) is 30.3 Å². The number of hydrogen-bond donors (Lipinski definition) is 2. The molecule has 0 heterocycles. The summed E-state index contributed by atoms with van der Waals surface area (Å²) < 4.78 is 58.2. The molecule has 0 amide bonds. The monoisotopic (exact) mass is 288 g/mol. The zero-order valence-electron chi connectivity index (χ0n) is 7.72. The van der Waals surface area contributed by atoms with Crippen LogP contribution in [0.5, 0.6) is 0 Å². The van der Waals surface area contributed by atoms with Gasteiger partial charge >= 0.3 is 0 Å². The summed E-state index contributed by atoms with van der Waals surface area (Å²) in [6.07, 6.45) is 0. The Kier molecular flexibility index (Phi) is 4.89. The van der Waals surface area contributed by atoms with E-state index in [-0.39, 0.29) is 18.0 Å². The van der Waals surface area contributed by atoms with E-state index in [0.717, 1.165) is 0 Å². The van der Waals surface area contributed by atoms with Crippen LogP contribution in [0.2, 0.25) is 0 Å². The molecule has 1 aromatic rings. The first-order valence-electron chi connectivity index (χ1n) is 3.70. The van der Waals surface area contributed by atoms with Gasteiger partial charge in [-0.2, -0.15) is 16.8 Å². The summed E-state index contributed by atoms with van der Waals surface area (Å²) in [6.45, 7) is 0. The average Bonchev–Trinajstić information content (AvgIpc) is 2.00. The molecule has 0 spiro atoms. The van der Waals surface area contributed by atoms with Crippen LogP contribution in [0, 0.1) is 0 Å². The maximum absolute atomic E-state index is 10.8. The van der Waals surface area contributed by atoms with Gasteiger partial charge < -0.3 is 0 Å². The zero-order valence-corrected chi connectivity index (χ0v) is 10.2. The van der Waals surface area contributed by atoms with Crippen molar-refractivity contribution in [1.82, 2.24) is 0 Å². The van der Waals surface area contributed by atoms with Crippen molar-refractivity contribution in [3.8, 4) is 0 Å². The van der Waals surface area contributed by atoms with Crippen LogP contribution < -0.4 is 0 Å². The number of hydrogen-bond acceptors (Lipinski definition) is 4. The van der Waals surface area contributed by atoms with Gasteiger partial charge in [-0.15, -0.1) is 12.4 Å². The average molecular weight is 289 g/mol. The Morgan fingerprint density at radius 2 is 1.25 bits per heavy atom. The van der Waals surface area contributed by atoms with E-state index in [1.807, 2.05) is 0 Å². The summed E-state index contributed by atoms with van der Waals surface area (Å²) in [6, 6.07) is 6.66. The van der Waals surface area contributed by atoms with E-state index in [1.165, 1.54) is 30.3 Å². The summed E-state index contributed by atoms with van der Waals surface area (Å²) >= 11 is 0. The Morgan fingerprint density at radius 3 is 1.56 bits per heavy atom. The molecule has 0 radical (unpaired) electrons. The Morgan fingerprint density at radius 1 is 0.875 bits per heavy atom. The van der Waals surface area contributed by atoms with Crippen molar-refractivity contribution in [3.63, 3.8) is 0 Å². The van der Waals surface area contributed by atoms with Crippen LogP contribution in [0.1, 0.15) is 10.1 Å². The number of benzene rings is 1. The first kappa shape index (κ1) is 15.3. The first-order valence-corrected chi connectivity index (χ1v) is 6.71. The van der Waals surface area contributed by atoms with E-state index in [0.29, 0.717) is 0 Å². The van der Waals surface area contributed by atoms with Crippen molar-refractivity contribution in [1.29, 1.82) is 0 Å².